The topological polar surface area (TPSA) is 45.1 Å². The zero-order valence-corrected chi connectivity index (χ0v) is 16.3. The van der Waals surface area contributed by atoms with Crippen LogP contribution < -0.4 is 4.74 Å². The summed E-state index contributed by atoms with van der Waals surface area (Å²) < 4.78 is 6.26. The molecule has 2 aliphatic rings. The van der Waals surface area contributed by atoms with Crippen LogP contribution in [0.25, 0.3) is 0 Å². The highest BCUT2D eigenvalue weighted by Gasteiger charge is 2.41. The molecule has 2 aromatic carbocycles. The van der Waals surface area contributed by atoms with Gasteiger partial charge in [0.05, 0.1) is 11.8 Å². The van der Waals surface area contributed by atoms with Gasteiger partial charge in [-0.3, -0.25) is 0 Å². The molecule has 27 heavy (non-hydrogen) atoms. The van der Waals surface area contributed by atoms with E-state index in [4.69, 9.17) is 33.0 Å². The molecule has 0 aliphatic carbocycles. The Bertz CT molecular complexity index is 1050. The zero-order valence-electron chi connectivity index (χ0n) is 14.0. The summed E-state index contributed by atoms with van der Waals surface area (Å²) in [6.07, 6.45) is 0.305. The summed E-state index contributed by atoms with van der Waals surface area (Å²) in [5, 5.41) is 22.4. The maximum absolute atomic E-state index is 10.3. The van der Waals surface area contributed by atoms with Gasteiger partial charge in [0.15, 0.2) is 0 Å². The molecule has 2 aliphatic heterocycles. The van der Waals surface area contributed by atoms with E-state index in [9.17, 15) is 5.11 Å². The lowest BCUT2D eigenvalue weighted by Gasteiger charge is -2.37. The van der Waals surface area contributed by atoms with Gasteiger partial charge >= 0.3 is 0 Å². The molecule has 1 N–H and O–H groups in total. The number of halogens is 2. The van der Waals surface area contributed by atoms with E-state index in [1.54, 1.807) is 29.5 Å². The van der Waals surface area contributed by atoms with Crippen LogP contribution >= 0.6 is 34.5 Å². The normalized spacial score (nSPS) is 20.7. The summed E-state index contributed by atoms with van der Waals surface area (Å²) in [4.78, 5) is 0. The SMILES string of the molecule is Oc1ccc(Cl)cc1C1=NN2[C@H](C1)c1cc(Cl)ccc1O[C@@H]2c1ccsc1. The van der Waals surface area contributed by atoms with Gasteiger partial charge in [0, 0.05) is 33.2 Å². The summed E-state index contributed by atoms with van der Waals surface area (Å²) in [7, 11) is 0. The number of phenolic OH excluding ortho intramolecular Hbond substituents is 1. The van der Waals surface area contributed by atoms with Gasteiger partial charge in [0.1, 0.15) is 11.5 Å². The highest BCUT2D eigenvalue weighted by atomic mass is 35.5. The van der Waals surface area contributed by atoms with E-state index in [0.29, 0.717) is 22.0 Å². The van der Waals surface area contributed by atoms with Crippen molar-refractivity contribution < 1.29 is 9.84 Å². The monoisotopic (exact) mass is 416 g/mol. The van der Waals surface area contributed by atoms with Crippen molar-refractivity contribution in [3.63, 3.8) is 0 Å². The first-order valence-electron chi connectivity index (χ1n) is 8.43. The molecule has 0 fully saturated rings. The molecular formula is C20H14Cl2N2O2S. The second kappa shape index (κ2) is 6.44. The number of ether oxygens (including phenoxy) is 1. The van der Waals surface area contributed by atoms with Crippen molar-refractivity contribution in [2.75, 3.05) is 0 Å². The summed E-state index contributed by atoms with van der Waals surface area (Å²) >= 11 is 14.0. The molecule has 1 aromatic heterocycles. The van der Waals surface area contributed by atoms with Crippen molar-refractivity contribution >= 4 is 40.3 Å². The molecular weight excluding hydrogens is 403 g/mol. The smallest absolute Gasteiger partial charge is 0.214 e. The van der Waals surface area contributed by atoms with E-state index in [-0.39, 0.29) is 18.0 Å². The molecule has 0 bridgehead atoms. The summed E-state index contributed by atoms with van der Waals surface area (Å²) in [6.45, 7) is 0. The quantitative estimate of drug-likeness (QED) is 0.556. The first-order chi connectivity index (χ1) is 13.1. The minimum absolute atomic E-state index is 0.0225. The van der Waals surface area contributed by atoms with Crippen LogP contribution in [0.4, 0.5) is 0 Å². The lowest BCUT2D eigenvalue weighted by Crippen LogP contribution is -2.33. The van der Waals surface area contributed by atoms with Crippen molar-refractivity contribution in [1.29, 1.82) is 0 Å². The fourth-order valence-corrected chi connectivity index (χ4v) is 4.61. The second-order valence-electron chi connectivity index (χ2n) is 6.52. The standard InChI is InChI=1S/C20H14Cl2N2O2S/c21-12-1-3-18(25)14(7-12)16-9-17-15-8-13(22)2-4-19(15)26-20(24(17)23-16)11-5-6-27-10-11/h1-8,10,17,20,25H,9H2/t17-,20-/m1/s1. The van der Waals surface area contributed by atoms with Gasteiger partial charge in [-0.15, -0.1) is 0 Å². The van der Waals surface area contributed by atoms with E-state index in [1.807, 2.05) is 34.7 Å². The number of fused-ring (bicyclic) bond motifs is 3. The molecule has 3 heterocycles. The summed E-state index contributed by atoms with van der Waals surface area (Å²) in [6, 6.07) is 12.7. The van der Waals surface area contributed by atoms with Gasteiger partial charge in [-0.2, -0.15) is 16.4 Å². The van der Waals surface area contributed by atoms with E-state index in [2.05, 4.69) is 5.38 Å². The van der Waals surface area contributed by atoms with E-state index < -0.39 is 0 Å². The summed E-state index contributed by atoms with van der Waals surface area (Å²) in [5.41, 5.74) is 3.46. The molecule has 4 nitrogen and oxygen atoms in total. The van der Waals surface area contributed by atoms with Crippen LogP contribution in [0.2, 0.25) is 10.0 Å². The Morgan fingerprint density at radius 2 is 1.93 bits per heavy atom. The Hall–Kier alpha value is -2.21. The third-order valence-corrected chi connectivity index (χ3v) is 6.02. The Labute approximate surface area is 170 Å². The number of benzene rings is 2. The number of thiophene rings is 1. The third-order valence-electron chi connectivity index (χ3n) is 4.85. The predicted octanol–water partition coefficient (Wildman–Crippen LogP) is 6.00. The molecule has 7 heteroatoms. The third kappa shape index (κ3) is 2.87. The molecule has 5 rings (SSSR count). The number of phenols is 1. The fraction of sp³-hybridized carbons (Fsp3) is 0.150. The molecule has 2 atom stereocenters. The Morgan fingerprint density at radius 3 is 2.74 bits per heavy atom. The van der Waals surface area contributed by atoms with Crippen molar-refractivity contribution in [3.05, 3.63) is 80.0 Å². The average Bonchev–Trinajstić information content (AvgIpc) is 3.33. The number of rotatable bonds is 2. The minimum Gasteiger partial charge on any atom is -0.507 e. The van der Waals surface area contributed by atoms with E-state index in [0.717, 1.165) is 22.6 Å². The number of hydrazone groups is 1. The molecule has 136 valence electrons. The van der Waals surface area contributed by atoms with E-state index in [1.165, 1.54) is 0 Å². The number of nitrogens with zero attached hydrogens (tertiary/aromatic N) is 2. The number of aromatic hydroxyl groups is 1. The Morgan fingerprint density at radius 1 is 1.11 bits per heavy atom. The largest absolute Gasteiger partial charge is 0.507 e. The van der Waals surface area contributed by atoms with Crippen molar-refractivity contribution in [3.8, 4) is 11.5 Å². The van der Waals surface area contributed by atoms with Gasteiger partial charge in [-0.1, -0.05) is 23.2 Å². The first-order valence-corrected chi connectivity index (χ1v) is 10.1. The summed E-state index contributed by atoms with van der Waals surface area (Å²) in [5.74, 6) is 0.973. The molecule has 0 unspecified atom stereocenters. The Balaban J connectivity index is 1.63. The van der Waals surface area contributed by atoms with Crippen LogP contribution in [0, 0.1) is 0 Å². The van der Waals surface area contributed by atoms with Gasteiger partial charge < -0.3 is 9.84 Å². The van der Waals surface area contributed by atoms with Crippen molar-refractivity contribution in [2.24, 2.45) is 5.10 Å². The molecule has 3 aromatic rings. The molecule has 0 amide bonds. The minimum atomic E-state index is -0.325. The molecule has 0 saturated heterocycles. The number of hydrogen-bond donors (Lipinski definition) is 1. The molecule has 0 spiro atoms. The lowest BCUT2D eigenvalue weighted by molar-refractivity contribution is -0.0187. The van der Waals surface area contributed by atoms with Crippen molar-refractivity contribution in [2.45, 2.75) is 18.7 Å². The van der Waals surface area contributed by atoms with Crippen molar-refractivity contribution in [1.82, 2.24) is 5.01 Å². The first kappa shape index (κ1) is 16.9. The molecule has 0 saturated carbocycles. The van der Waals surface area contributed by atoms with Crippen LogP contribution in [0.15, 0.2) is 58.3 Å². The van der Waals surface area contributed by atoms with Crippen LogP contribution in [-0.2, 0) is 0 Å². The lowest BCUT2D eigenvalue weighted by atomic mass is 9.96. The average molecular weight is 417 g/mol. The maximum atomic E-state index is 10.3. The van der Waals surface area contributed by atoms with Gasteiger partial charge in [0.2, 0.25) is 6.23 Å². The van der Waals surface area contributed by atoms with Gasteiger partial charge in [-0.05, 0) is 53.2 Å². The zero-order chi connectivity index (χ0) is 18.5. The highest BCUT2D eigenvalue weighted by molar-refractivity contribution is 7.07. The van der Waals surface area contributed by atoms with Crippen LogP contribution in [-0.4, -0.2) is 15.8 Å². The molecule has 0 radical (unpaired) electrons. The fourth-order valence-electron chi connectivity index (χ4n) is 3.60. The predicted molar refractivity (Wildman–Crippen MR) is 108 cm³/mol. The Kier molecular flexibility index (Phi) is 4.04. The maximum Gasteiger partial charge on any atom is 0.214 e. The van der Waals surface area contributed by atoms with E-state index >= 15 is 0 Å². The van der Waals surface area contributed by atoms with Crippen LogP contribution in [0.5, 0.6) is 11.5 Å². The van der Waals surface area contributed by atoms with Crippen LogP contribution in [0.1, 0.15) is 35.4 Å². The number of hydrogen-bond acceptors (Lipinski definition) is 5. The highest BCUT2D eigenvalue weighted by Crippen LogP contribution is 2.48. The second-order valence-corrected chi connectivity index (χ2v) is 8.17. The van der Waals surface area contributed by atoms with Gasteiger partial charge in [-0.25, -0.2) is 5.01 Å². The van der Waals surface area contributed by atoms with Gasteiger partial charge in [0.25, 0.3) is 0 Å². The van der Waals surface area contributed by atoms with Crippen LogP contribution in [0.3, 0.4) is 0 Å².